The second-order valence-electron chi connectivity index (χ2n) is 2.01. The van der Waals surface area contributed by atoms with Gasteiger partial charge in [-0.1, -0.05) is 0 Å². The molecule has 3 heteroatoms. The van der Waals surface area contributed by atoms with Gasteiger partial charge in [-0.15, -0.1) is 0 Å². The Labute approximate surface area is 57.5 Å². The Balaban J connectivity index is 2.41. The lowest BCUT2D eigenvalue weighted by Crippen LogP contribution is -1.90. The van der Waals surface area contributed by atoms with Gasteiger partial charge in [-0.3, -0.25) is 4.99 Å². The van der Waals surface area contributed by atoms with Crippen LogP contribution in [0.25, 0.3) is 0 Å². The van der Waals surface area contributed by atoms with E-state index in [1.807, 2.05) is 6.92 Å². The highest BCUT2D eigenvalue weighted by molar-refractivity contribution is 8.16. The molecule has 9 heavy (non-hydrogen) atoms. The first-order valence-electron chi connectivity index (χ1n) is 2.96. The van der Waals surface area contributed by atoms with Crippen molar-refractivity contribution in [3.05, 3.63) is 0 Å². The van der Waals surface area contributed by atoms with E-state index < -0.39 is 0 Å². The zero-order chi connectivity index (χ0) is 6.69. The van der Waals surface area contributed by atoms with Crippen molar-refractivity contribution in [3.63, 3.8) is 0 Å². The molecule has 1 heterocycles. The summed E-state index contributed by atoms with van der Waals surface area (Å²) < 4.78 is 0. The molecule has 52 valence electrons. The van der Waals surface area contributed by atoms with Gasteiger partial charge >= 0.3 is 0 Å². The molecule has 0 saturated heterocycles. The van der Waals surface area contributed by atoms with E-state index in [9.17, 15) is 0 Å². The van der Waals surface area contributed by atoms with Gasteiger partial charge in [-0.2, -0.15) is 10.5 Å². The molecule has 0 spiro atoms. The number of hydrogen-bond acceptors (Lipinski definition) is 2. The molecule has 1 atom stereocenters. The molecule has 1 rings (SSSR count). The minimum absolute atomic E-state index is 0.264. The summed E-state index contributed by atoms with van der Waals surface area (Å²) in [5, 5.41) is 10.7. The number of nitrogens with zero attached hydrogens (tertiary/aromatic N) is 1. The Morgan fingerprint density at radius 2 is 2.67 bits per heavy atom. The number of rotatable bonds is 2. The molecule has 1 N–H and O–H groups in total. The lowest BCUT2D eigenvalue weighted by Gasteiger charge is -1.95. The topological polar surface area (TPSA) is 32.6 Å². The third-order valence-corrected chi connectivity index (χ3v) is 3.01. The zero-order valence-electron chi connectivity index (χ0n) is 5.50. The van der Waals surface area contributed by atoms with Gasteiger partial charge in [0.2, 0.25) is 0 Å². The van der Waals surface area contributed by atoms with E-state index in [1.54, 1.807) is 0 Å². The Morgan fingerprint density at radius 1 is 1.89 bits per heavy atom. The van der Waals surface area contributed by atoms with Crippen molar-refractivity contribution in [3.8, 4) is 0 Å². The minimum Gasteiger partial charge on any atom is -0.396 e. The molecule has 0 aromatic carbocycles. The fourth-order valence-corrected chi connectivity index (χ4v) is 2.22. The third-order valence-electron chi connectivity index (χ3n) is 1.17. The third kappa shape index (κ3) is 1.91. The maximum Gasteiger partial charge on any atom is 0.0801 e. The summed E-state index contributed by atoms with van der Waals surface area (Å²) in [7, 11) is 0.264. The van der Waals surface area contributed by atoms with Crippen molar-refractivity contribution in [2.45, 2.75) is 6.92 Å². The molecule has 1 aliphatic rings. The first-order chi connectivity index (χ1) is 4.33. The standard InChI is InChI=1S/C6H11NOS/c1-6-4-9(3-2-8)5-7-6/h4,8H,2-3,5H2,1H3. The monoisotopic (exact) mass is 145 g/mol. The van der Waals surface area contributed by atoms with E-state index in [-0.39, 0.29) is 10.5 Å². The van der Waals surface area contributed by atoms with Gasteiger partial charge in [0.1, 0.15) is 0 Å². The molecular formula is C6H11NOS. The fourth-order valence-electron chi connectivity index (χ4n) is 0.741. The lowest BCUT2D eigenvalue weighted by molar-refractivity contribution is 0.322. The Kier molecular flexibility index (Phi) is 2.42. The number of aliphatic hydroxyl groups is 1. The molecular weight excluding hydrogens is 134 g/mol. The molecule has 0 fully saturated rings. The molecule has 0 aromatic rings. The Bertz CT molecular complexity index is 162. The Morgan fingerprint density at radius 3 is 3.11 bits per heavy atom. The number of aliphatic imine (C=N–C) groups is 1. The van der Waals surface area contributed by atoms with Crippen molar-refractivity contribution < 1.29 is 5.11 Å². The van der Waals surface area contributed by atoms with Crippen LogP contribution in [0.1, 0.15) is 6.92 Å². The summed E-state index contributed by atoms with van der Waals surface area (Å²) in [6, 6.07) is 0. The molecule has 1 aliphatic heterocycles. The smallest absolute Gasteiger partial charge is 0.0801 e. The van der Waals surface area contributed by atoms with Crippen LogP contribution >= 0.6 is 10.5 Å². The van der Waals surface area contributed by atoms with Gasteiger partial charge in [-0.25, -0.2) is 0 Å². The molecule has 0 aliphatic carbocycles. The van der Waals surface area contributed by atoms with E-state index in [2.05, 4.69) is 10.4 Å². The highest BCUT2D eigenvalue weighted by Crippen LogP contribution is 2.15. The van der Waals surface area contributed by atoms with Gasteiger partial charge in [0, 0.05) is 11.5 Å². The molecule has 2 nitrogen and oxygen atoms in total. The SMILES string of the molecule is CC1=NCS(CCO)=C1. The minimum atomic E-state index is 0.264. The van der Waals surface area contributed by atoms with Crippen LogP contribution in [0.2, 0.25) is 0 Å². The van der Waals surface area contributed by atoms with Gasteiger partial charge in [0.05, 0.1) is 12.5 Å². The fraction of sp³-hybridized carbons (Fsp3) is 0.667. The highest BCUT2D eigenvalue weighted by atomic mass is 32.2. The second kappa shape index (κ2) is 3.13. The van der Waals surface area contributed by atoms with Crippen LogP contribution in [0.3, 0.4) is 0 Å². The van der Waals surface area contributed by atoms with Crippen LogP contribution in [0.4, 0.5) is 0 Å². The van der Waals surface area contributed by atoms with Crippen molar-refractivity contribution in [2.75, 3.05) is 18.2 Å². The van der Waals surface area contributed by atoms with Gasteiger partial charge in [-0.05, 0) is 12.3 Å². The summed E-state index contributed by atoms with van der Waals surface area (Å²) in [6.45, 7) is 2.30. The van der Waals surface area contributed by atoms with Crippen molar-refractivity contribution in [2.24, 2.45) is 4.99 Å². The second-order valence-corrected chi connectivity index (χ2v) is 3.99. The number of aliphatic hydroxyl groups excluding tert-OH is 1. The molecule has 1 unspecified atom stereocenters. The molecule has 0 radical (unpaired) electrons. The Hall–Kier alpha value is -0.150. The summed E-state index contributed by atoms with van der Waals surface area (Å²) in [5.41, 5.74) is 1.13. The van der Waals surface area contributed by atoms with Crippen molar-refractivity contribution in [1.82, 2.24) is 0 Å². The van der Waals surface area contributed by atoms with Gasteiger partial charge in [0.15, 0.2) is 0 Å². The lowest BCUT2D eigenvalue weighted by atomic mass is 10.5. The molecule has 0 saturated carbocycles. The van der Waals surface area contributed by atoms with Crippen LogP contribution in [-0.4, -0.2) is 34.4 Å². The van der Waals surface area contributed by atoms with E-state index in [4.69, 9.17) is 5.11 Å². The van der Waals surface area contributed by atoms with E-state index >= 15 is 0 Å². The zero-order valence-corrected chi connectivity index (χ0v) is 6.32. The van der Waals surface area contributed by atoms with E-state index in [0.717, 1.165) is 17.3 Å². The first-order valence-corrected chi connectivity index (χ1v) is 4.58. The maximum absolute atomic E-state index is 8.55. The summed E-state index contributed by atoms with van der Waals surface area (Å²) in [4.78, 5) is 4.20. The van der Waals surface area contributed by atoms with Crippen LogP contribution < -0.4 is 0 Å². The quantitative estimate of drug-likeness (QED) is 0.563. The average Bonchev–Trinajstić information content (AvgIpc) is 2.17. The van der Waals surface area contributed by atoms with E-state index in [0.29, 0.717) is 6.61 Å². The molecule has 0 aromatic heterocycles. The average molecular weight is 145 g/mol. The van der Waals surface area contributed by atoms with Crippen LogP contribution in [-0.2, 0) is 0 Å². The van der Waals surface area contributed by atoms with E-state index in [1.165, 1.54) is 0 Å². The van der Waals surface area contributed by atoms with Gasteiger partial charge in [0.25, 0.3) is 0 Å². The predicted octanol–water partition coefficient (Wildman–Crippen LogP) is 0.482. The van der Waals surface area contributed by atoms with Crippen LogP contribution in [0.5, 0.6) is 0 Å². The maximum atomic E-state index is 8.55. The van der Waals surface area contributed by atoms with Crippen molar-refractivity contribution >= 4 is 21.6 Å². The normalized spacial score (nSPS) is 25.6. The molecule has 0 bridgehead atoms. The predicted molar refractivity (Wildman–Crippen MR) is 43.6 cm³/mol. The highest BCUT2D eigenvalue weighted by Gasteiger charge is 2.00. The largest absolute Gasteiger partial charge is 0.396 e. The summed E-state index contributed by atoms with van der Waals surface area (Å²) in [6.07, 6.45) is 0. The molecule has 0 amide bonds. The van der Waals surface area contributed by atoms with Crippen LogP contribution in [0, 0.1) is 0 Å². The van der Waals surface area contributed by atoms with Gasteiger partial charge < -0.3 is 5.11 Å². The van der Waals surface area contributed by atoms with Crippen molar-refractivity contribution in [1.29, 1.82) is 0 Å². The van der Waals surface area contributed by atoms with Crippen LogP contribution in [0.15, 0.2) is 4.99 Å². The summed E-state index contributed by atoms with van der Waals surface area (Å²) in [5.74, 6) is 1.80. The number of hydrogen-bond donors (Lipinski definition) is 1. The summed E-state index contributed by atoms with van der Waals surface area (Å²) >= 11 is 0. The first kappa shape index (κ1) is 6.96.